The summed E-state index contributed by atoms with van der Waals surface area (Å²) in [6.07, 6.45) is 3.06. The van der Waals surface area contributed by atoms with E-state index in [0.717, 1.165) is 32.4 Å². The SMILES string of the molecule is Cc1ccc(C)c(CNC(=O)C2CCCNCC2)c1.Cl. The van der Waals surface area contributed by atoms with E-state index in [9.17, 15) is 4.79 Å². The molecule has 1 amide bonds. The highest BCUT2D eigenvalue weighted by atomic mass is 35.5. The maximum atomic E-state index is 12.2. The lowest BCUT2D eigenvalue weighted by atomic mass is 9.99. The molecule has 1 aromatic rings. The summed E-state index contributed by atoms with van der Waals surface area (Å²) < 4.78 is 0. The molecule has 1 aliphatic rings. The van der Waals surface area contributed by atoms with Gasteiger partial charge < -0.3 is 10.6 Å². The molecule has 0 aromatic heterocycles. The Morgan fingerprint density at radius 1 is 1.30 bits per heavy atom. The number of nitrogens with one attached hydrogen (secondary N) is 2. The highest BCUT2D eigenvalue weighted by Crippen LogP contribution is 2.15. The van der Waals surface area contributed by atoms with Crippen molar-refractivity contribution < 1.29 is 4.79 Å². The van der Waals surface area contributed by atoms with Crippen molar-refractivity contribution in [3.8, 4) is 0 Å². The van der Waals surface area contributed by atoms with Gasteiger partial charge in [0.05, 0.1) is 0 Å². The molecule has 1 aliphatic heterocycles. The number of carbonyl (C=O) groups excluding carboxylic acids is 1. The zero-order valence-corrected chi connectivity index (χ0v) is 13.2. The van der Waals surface area contributed by atoms with Gasteiger partial charge in [0.25, 0.3) is 0 Å². The van der Waals surface area contributed by atoms with Gasteiger partial charge in [-0.1, -0.05) is 23.8 Å². The summed E-state index contributed by atoms with van der Waals surface area (Å²) in [6, 6.07) is 6.38. The van der Waals surface area contributed by atoms with E-state index >= 15 is 0 Å². The molecule has 3 nitrogen and oxygen atoms in total. The van der Waals surface area contributed by atoms with Crippen LogP contribution in [-0.4, -0.2) is 19.0 Å². The summed E-state index contributed by atoms with van der Waals surface area (Å²) in [7, 11) is 0. The average Bonchev–Trinajstić information content (AvgIpc) is 2.68. The molecule has 20 heavy (non-hydrogen) atoms. The van der Waals surface area contributed by atoms with E-state index in [2.05, 4.69) is 42.7 Å². The first-order valence-electron chi connectivity index (χ1n) is 7.21. The van der Waals surface area contributed by atoms with Gasteiger partial charge in [-0.2, -0.15) is 0 Å². The second-order valence-corrected chi connectivity index (χ2v) is 5.53. The first kappa shape index (κ1) is 17.0. The Bertz CT molecular complexity index is 440. The van der Waals surface area contributed by atoms with Crippen LogP contribution in [-0.2, 0) is 11.3 Å². The third-order valence-corrected chi connectivity index (χ3v) is 3.90. The molecule has 1 saturated heterocycles. The first-order valence-corrected chi connectivity index (χ1v) is 7.21. The first-order chi connectivity index (χ1) is 9.16. The molecule has 2 rings (SSSR count). The van der Waals surface area contributed by atoms with Crippen LogP contribution in [0.5, 0.6) is 0 Å². The number of carbonyl (C=O) groups is 1. The third kappa shape index (κ3) is 4.80. The van der Waals surface area contributed by atoms with Gasteiger partial charge in [-0.3, -0.25) is 4.79 Å². The topological polar surface area (TPSA) is 41.1 Å². The van der Waals surface area contributed by atoms with Crippen molar-refractivity contribution >= 4 is 18.3 Å². The maximum Gasteiger partial charge on any atom is 0.223 e. The fraction of sp³-hybridized carbons (Fsp3) is 0.562. The van der Waals surface area contributed by atoms with Crippen LogP contribution in [0.15, 0.2) is 18.2 Å². The monoisotopic (exact) mass is 296 g/mol. The smallest absolute Gasteiger partial charge is 0.223 e. The zero-order valence-electron chi connectivity index (χ0n) is 12.4. The van der Waals surface area contributed by atoms with E-state index in [1.54, 1.807) is 0 Å². The molecule has 1 atom stereocenters. The van der Waals surface area contributed by atoms with Crippen LogP contribution in [0, 0.1) is 19.8 Å². The van der Waals surface area contributed by atoms with Crippen molar-refractivity contribution in [1.82, 2.24) is 10.6 Å². The van der Waals surface area contributed by atoms with E-state index in [1.807, 2.05) is 0 Å². The Balaban J connectivity index is 0.00000200. The van der Waals surface area contributed by atoms with E-state index in [-0.39, 0.29) is 24.2 Å². The van der Waals surface area contributed by atoms with E-state index in [1.165, 1.54) is 16.7 Å². The molecule has 1 unspecified atom stereocenters. The van der Waals surface area contributed by atoms with Gasteiger partial charge in [-0.25, -0.2) is 0 Å². The molecule has 0 bridgehead atoms. The van der Waals surface area contributed by atoms with Crippen LogP contribution in [0.1, 0.15) is 36.0 Å². The molecule has 1 fully saturated rings. The van der Waals surface area contributed by atoms with Gasteiger partial charge in [0, 0.05) is 12.5 Å². The fourth-order valence-corrected chi connectivity index (χ4v) is 2.60. The molecule has 4 heteroatoms. The summed E-state index contributed by atoms with van der Waals surface area (Å²) in [6.45, 7) is 6.83. The Morgan fingerprint density at radius 3 is 2.90 bits per heavy atom. The standard InChI is InChI=1S/C16H24N2O.ClH/c1-12-5-6-13(2)15(10-12)11-18-16(19)14-4-3-8-17-9-7-14;/h5-6,10,14,17H,3-4,7-9,11H2,1-2H3,(H,18,19);1H. The van der Waals surface area contributed by atoms with Crippen molar-refractivity contribution in [1.29, 1.82) is 0 Å². The summed E-state index contributed by atoms with van der Waals surface area (Å²) in [4.78, 5) is 12.2. The highest BCUT2D eigenvalue weighted by molar-refractivity contribution is 5.85. The van der Waals surface area contributed by atoms with Crippen LogP contribution in [0.2, 0.25) is 0 Å². The minimum atomic E-state index is 0. The predicted molar refractivity (Wildman–Crippen MR) is 85.2 cm³/mol. The zero-order chi connectivity index (χ0) is 13.7. The van der Waals surface area contributed by atoms with Crippen molar-refractivity contribution in [3.05, 3.63) is 34.9 Å². The molecule has 0 saturated carbocycles. The Labute approximate surface area is 127 Å². The molecule has 2 N–H and O–H groups in total. The molecule has 1 heterocycles. The largest absolute Gasteiger partial charge is 0.352 e. The molecule has 0 aliphatic carbocycles. The summed E-state index contributed by atoms with van der Waals surface area (Å²) in [5, 5.41) is 6.44. The number of aryl methyl sites for hydroxylation is 2. The molecule has 0 radical (unpaired) electrons. The van der Waals surface area contributed by atoms with Gasteiger partial charge in [-0.05, 0) is 57.3 Å². The van der Waals surface area contributed by atoms with Crippen LogP contribution in [0.3, 0.4) is 0 Å². The summed E-state index contributed by atoms with van der Waals surface area (Å²) >= 11 is 0. The van der Waals surface area contributed by atoms with Gasteiger partial charge in [0.2, 0.25) is 5.91 Å². The van der Waals surface area contributed by atoms with Gasteiger partial charge >= 0.3 is 0 Å². The normalized spacial score (nSPS) is 18.8. The lowest BCUT2D eigenvalue weighted by Crippen LogP contribution is -2.31. The Kier molecular flexibility index (Phi) is 7.03. The van der Waals surface area contributed by atoms with E-state index in [4.69, 9.17) is 0 Å². The predicted octanol–water partition coefficient (Wildman–Crippen LogP) is 2.73. The number of benzene rings is 1. The number of hydrogen-bond acceptors (Lipinski definition) is 2. The Hall–Kier alpha value is -1.06. The third-order valence-electron chi connectivity index (χ3n) is 3.90. The van der Waals surface area contributed by atoms with Crippen molar-refractivity contribution in [3.63, 3.8) is 0 Å². The number of hydrogen-bond donors (Lipinski definition) is 2. The summed E-state index contributed by atoms with van der Waals surface area (Å²) in [5.41, 5.74) is 3.71. The quantitative estimate of drug-likeness (QED) is 0.900. The van der Waals surface area contributed by atoms with E-state index < -0.39 is 0 Å². The lowest BCUT2D eigenvalue weighted by Gasteiger charge is -2.15. The van der Waals surface area contributed by atoms with Gasteiger partial charge in [-0.15, -0.1) is 12.4 Å². The van der Waals surface area contributed by atoms with Gasteiger partial charge in [0.15, 0.2) is 0 Å². The minimum absolute atomic E-state index is 0. The van der Waals surface area contributed by atoms with Crippen molar-refractivity contribution in [2.45, 2.75) is 39.7 Å². The Morgan fingerprint density at radius 2 is 2.10 bits per heavy atom. The highest BCUT2D eigenvalue weighted by Gasteiger charge is 2.19. The molecular formula is C16H25ClN2O. The van der Waals surface area contributed by atoms with Crippen LogP contribution in [0.25, 0.3) is 0 Å². The fourth-order valence-electron chi connectivity index (χ4n) is 2.60. The minimum Gasteiger partial charge on any atom is -0.352 e. The second kappa shape index (κ2) is 8.28. The summed E-state index contributed by atoms with van der Waals surface area (Å²) in [5.74, 6) is 0.393. The molecule has 1 aromatic carbocycles. The number of amides is 1. The number of rotatable bonds is 3. The second-order valence-electron chi connectivity index (χ2n) is 5.53. The van der Waals surface area contributed by atoms with Crippen LogP contribution >= 0.6 is 12.4 Å². The lowest BCUT2D eigenvalue weighted by molar-refractivity contribution is -0.125. The average molecular weight is 297 g/mol. The number of halogens is 1. The molecule has 0 spiro atoms. The molecular weight excluding hydrogens is 272 g/mol. The van der Waals surface area contributed by atoms with E-state index in [0.29, 0.717) is 6.54 Å². The van der Waals surface area contributed by atoms with Gasteiger partial charge in [0.1, 0.15) is 0 Å². The van der Waals surface area contributed by atoms with Crippen molar-refractivity contribution in [2.24, 2.45) is 5.92 Å². The van der Waals surface area contributed by atoms with Crippen molar-refractivity contribution in [2.75, 3.05) is 13.1 Å². The van der Waals surface area contributed by atoms with Crippen LogP contribution < -0.4 is 10.6 Å². The molecule has 112 valence electrons. The maximum absolute atomic E-state index is 12.2. The van der Waals surface area contributed by atoms with Crippen LogP contribution in [0.4, 0.5) is 0 Å².